The number of benzene rings is 1. The quantitative estimate of drug-likeness (QED) is 0.580. The summed E-state index contributed by atoms with van der Waals surface area (Å²) in [5.74, 6) is -0.0589. The van der Waals surface area contributed by atoms with Gasteiger partial charge in [0, 0.05) is 10.9 Å². The molecule has 0 N–H and O–H groups in total. The van der Waals surface area contributed by atoms with E-state index in [2.05, 4.69) is 0 Å². The van der Waals surface area contributed by atoms with Crippen LogP contribution in [0.5, 0.6) is 0 Å². The average molecular weight is 179 g/mol. The van der Waals surface area contributed by atoms with Crippen LogP contribution in [0.4, 0.5) is 4.39 Å². The molecular formula is C7H5Cl2F. The van der Waals surface area contributed by atoms with Crippen molar-refractivity contribution in [2.45, 2.75) is 5.88 Å². The lowest BCUT2D eigenvalue weighted by Crippen LogP contribution is -1.81. The highest BCUT2D eigenvalue weighted by Crippen LogP contribution is 2.18. The molecule has 0 fully saturated rings. The van der Waals surface area contributed by atoms with Crippen LogP contribution in [0.25, 0.3) is 0 Å². The normalized spacial score (nSPS) is 9.90. The van der Waals surface area contributed by atoms with Gasteiger partial charge in [-0.15, -0.1) is 11.6 Å². The van der Waals surface area contributed by atoms with Gasteiger partial charge in [-0.3, -0.25) is 0 Å². The highest BCUT2D eigenvalue weighted by Gasteiger charge is 1.98. The van der Waals surface area contributed by atoms with Crippen molar-refractivity contribution in [2.75, 3.05) is 0 Å². The van der Waals surface area contributed by atoms with Gasteiger partial charge in [-0.25, -0.2) is 4.39 Å². The lowest BCUT2D eigenvalue weighted by atomic mass is 10.2. The predicted molar refractivity (Wildman–Crippen MR) is 41.0 cm³/mol. The van der Waals surface area contributed by atoms with E-state index in [1.165, 1.54) is 18.2 Å². The molecule has 0 atom stereocenters. The largest absolute Gasteiger partial charge is 0.207 e. The number of hydrogen-bond acceptors (Lipinski definition) is 0. The molecule has 0 nitrogen and oxygen atoms in total. The van der Waals surface area contributed by atoms with E-state index >= 15 is 0 Å². The Kier molecular flexibility index (Phi) is 2.52. The molecule has 0 aliphatic heterocycles. The molecule has 0 bridgehead atoms. The lowest BCUT2D eigenvalue weighted by molar-refractivity contribution is 0.626. The monoisotopic (exact) mass is 178 g/mol. The van der Waals surface area contributed by atoms with Crippen molar-refractivity contribution < 1.29 is 4.39 Å². The molecule has 0 aliphatic carbocycles. The van der Waals surface area contributed by atoms with Crippen LogP contribution in [-0.2, 0) is 5.88 Å². The van der Waals surface area contributed by atoms with Crippen molar-refractivity contribution >= 4 is 23.2 Å². The third kappa shape index (κ3) is 1.61. The summed E-state index contributed by atoms with van der Waals surface area (Å²) in [5, 5.41) is 0.511. The number of hydrogen-bond donors (Lipinski definition) is 0. The molecule has 0 aromatic heterocycles. The van der Waals surface area contributed by atoms with Crippen molar-refractivity contribution in [1.29, 1.82) is 0 Å². The highest BCUT2D eigenvalue weighted by molar-refractivity contribution is 6.32. The second kappa shape index (κ2) is 3.22. The van der Waals surface area contributed by atoms with Crippen LogP contribution < -0.4 is 0 Å². The Morgan fingerprint density at radius 3 is 2.60 bits per heavy atom. The summed E-state index contributed by atoms with van der Waals surface area (Å²) in [7, 11) is 0. The lowest BCUT2D eigenvalue weighted by Gasteiger charge is -1.97. The van der Waals surface area contributed by atoms with Crippen molar-refractivity contribution in [3.8, 4) is 0 Å². The number of alkyl halides is 1. The fraction of sp³-hybridized carbons (Fsp3) is 0.143. The third-order valence-electron chi connectivity index (χ3n) is 1.15. The summed E-state index contributed by atoms with van der Waals surface area (Å²) in [4.78, 5) is 0. The van der Waals surface area contributed by atoms with E-state index in [0.29, 0.717) is 10.6 Å². The molecule has 1 aromatic rings. The summed E-state index contributed by atoms with van der Waals surface area (Å²) < 4.78 is 12.4. The van der Waals surface area contributed by atoms with Gasteiger partial charge in [0.2, 0.25) is 0 Å². The zero-order chi connectivity index (χ0) is 7.56. The van der Waals surface area contributed by atoms with E-state index in [-0.39, 0.29) is 11.7 Å². The van der Waals surface area contributed by atoms with Crippen LogP contribution in [0.1, 0.15) is 5.56 Å². The average Bonchev–Trinajstić information content (AvgIpc) is 1.94. The standard InChI is InChI=1S/C7H5Cl2F/c8-4-5-3-6(10)1-2-7(5)9/h1-3H,4H2. The maximum absolute atomic E-state index is 12.4. The maximum atomic E-state index is 12.4. The minimum Gasteiger partial charge on any atom is -0.207 e. The third-order valence-corrected chi connectivity index (χ3v) is 1.81. The molecule has 0 saturated carbocycles. The molecule has 0 amide bonds. The minimum atomic E-state index is -0.306. The van der Waals surface area contributed by atoms with Crippen LogP contribution in [0, 0.1) is 5.82 Å². The van der Waals surface area contributed by atoms with E-state index in [4.69, 9.17) is 23.2 Å². The second-order valence-electron chi connectivity index (χ2n) is 1.87. The molecule has 0 spiro atoms. The van der Waals surface area contributed by atoms with E-state index < -0.39 is 0 Å². The van der Waals surface area contributed by atoms with Gasteiger partial charge in [0.1, 0.15) is 5.82 Å². The number of halogens is 3. The first-order valence-electron chi connectivity index (χ1n) is 2.74. The summed E-state index contributed by atoms with van der Waals surface area (Å²) in [6, 6.07) is 4.13. The number of rotatable bonds is 1. The second-order valence-corrected chi connectivity index (χ2v) is 2.54. The Morgan fingerprint density at radius 1 is 1.40 bits per heavy atom. The van der Waals surface area contributed by atoms with Crippen LogP contribution in [0.2, 0.25) is 5.02 Å². The summed E-state index contributed by atoms with van der Waals surface area (Å²) in [6.07, 6.45) is 0. The predicted octanol–water partition coefficient (Wildman–Crippen LogP) is 3.22. The van der Waals surface area contributed by atoms with Gasteiger partial charge < -0.3 is 0 Å². The van der Waals surface area contributed by atoms with Gasteiger partial charge in [-0.1, -0.05) is 11.6 Å². The Bertz CT molecular complexity index is 235. The van der Waals surface area contributed by atoms with Crippen LogP contribution in [0.15, 0.2) is 18.2 Å². The molecule has 54 valence electrons. The first-order valence-corrected chi connectivity index (χ1v) is 3.65. The van der Waals surface area contributed by atoms with E-state index in [1.54, 1.807) is 0 Å². The summed E-state index contributed by atoms with van der Waals surface area (Å²) >= 11 is 11.1. The zero-order valence-electron chi connectivity index (χ0n) is 5.07. The first kappa shape index (κ1) is 7.83. The van der Waals surface area contributed by atoms with Crippen molar-refractivity contribution in [3.05, 3.63) is 34.6 Å². The van der Waals surface area contributed by atoms with Crippen LogP contribution >= 0.6 is 23.2 Å². The zero-order valence-corrected chi connectivity index (χ0v) is 6.58. The highest BCUT2D eigenvalue weighted by atomic mass is 35.5. The van der Waals surface area contributed by atoms with Crippen LogP contribution in [-0.4, -0.2) is 0 Å². The first-order chi connectivity index (χ1) is 4.74. The van der Waals surface area contributed by atoms with Crippen molar-refractivity contribution in [3.63, 3.8) is 0 Å². The molecule has 3 heteroatoms. The van der Waals surface area contributed by atoms with E-state index in [9.17, 15) is 4.39 Å². The van der Waals surface area contributed by atoms with E-state index in [0.717, 1.165) is 0 Å². The topological polar surface area (TPSA) is 0 Å². The molecule has 1 rings (SSSR count). The van der Waals surface area contributed by atoms with Gasteiger partial charge in [0.15, 0.2) is 0 Å². The van der Waals surface area contributed by atoms with Crippen molar-refractivity contribution in [2.24, 2.45) is 0 Å². The van der Waals surface area contributed by atoms with Gasteiger partial charge in [0.05, 0.1) is 0 Å². The van der Waals surface area contributed by atoms with Gasteiger partial charge in [-0.05, 0) is 23.8 Å². The van der Waals surface area contributed by atoms with E-state index in [1.807, 2.05) is 0 Å². The fourth-order valence-corrected chi connectivity index (χ4v) is 1.12. The van der Waals surface area contributed by atoms with Gasteiger partial charge >= 0.3 is 0 Å². The SMILES string of the molecule is Fc1ccc(Cl)c(CCl)c1. The summed E-state index contributed by atoms with van der Waals surface area (Å²) in [6.45, 7) is 0. The minimum absolute atomic E-state index is 0.247. The molecule has 10 heavy (non-hydrogen) atoms. The molecular weight excluding hydrogens is 174 g/mol. The Hall–Kier alpha value is -0.270. The molecule has 1 aromatic carbocycles. The molecule has 0 aliphatic rings. The Balaban J connectivity index is 3.09. The molecule has 0 radical (unpaired) electrons. The Labute approximate surface area is 68.6 Å². The smallest absolute Gasteiger partial charge is 0.123 e. The summed E-state index contributed by atoms with van der Waals surface area (Å²) in [5.41, 5.74) is 0.628. The Morgan fingerprint density at radius 2 is 2.10 bits per heavy atom. The maximum Gasteiger partial charge on any atom is 0.123 e. The molecule has 0 saturated heterocycles. The van der Waals surface area contributed by atoms with Crippen molar-refractivity contribution in [1.82, 2.24) is 0 Å². The van der Waals surface area contributed by atoms with Crippen LogP contribution in [0.3, 0.4) is 0 Å². The fourth-order valence-electron chi connectivity index (χ4n) is 0.646. The molecule has 0 unspecified atom stereocenters. The molecule has 0 heterocycles. The van der Waals surface area contributed by atoms with Gasteiger partial charge in [-0.2, -0.15) is 0 Å². The van der Waals surface area contributed by atoms with Gasteiger partial charge in [0.25, 0.3) is 0 Å².